The van der Waals surface area contributed by atoms with Crippen LogP contribution in [0.1, 0.15) is 37.4 Å². The van der Waals surface area contributed by atoms with Gasteiger partial charge in [-0.1, -0.05) is 19.9 Å². The fourth-order valence-electron chi connectivity index (χ4n) is 2.56. The Morgan fingerprint density at radius 2 is 2.20 bits per heavy atom. The summed E-state index contributed by atoms with van der Waals surface area (Å²) in [4.78, 5) is 0. The van der Waals surface area contributed by atoms with Gasteiger partial charge in [-0.25, -0.2) is 4.39 Å². The molecule has 1 aromatic rings. The summed E-state index contributed by atoms with van der Waals surface area (Å²) in [6, 6.07) is 5.10. The van der Waals surface area contributed by atoms with E-state index in [4.69, 9.17) is 4.74 Å². The Morgan fingerprint density at radius 3 is 2.95 bits per heavy atom. The normalized spacial score (nSPS) is 19.4. The smallest absolute Gasteiger partial charge is 0.123 e. The number of aliphatic hydroxyl groups excluding tert-OH is 1. The molecule has 3 nitrogen and oxygen atoms in total. The molecule has 2 rings (SSSR count). The van der Waals surface area contributed by atoms with Gasteiger partial charge < -0.3 is 15.2 Å². The third kappa shape index (κ3) is 4.27. The van der Waals surface area contributed by atoms with Crippen molar-refractivity contribution in [3.63, 3.8) is 0 Å². The van der Waals surface area contributed by atoms with Crippen LogP contribution in [-0.2, 0) is 11.2 Å². The van der Waals surface area contributed by atoms with Crippen LogP contribution >= 0.6 is 0 Å². The molecule has 112 valence electrons. The molecule has 0 bridgehead atoms. The molecule has 2 N–H and O–H groups in total. The molecule has 0 heterocycles. The van der Waals surface area contributed by atoms with E-state index in [1.165, 1.54) is 11.6 Å². The quantitative estimate of drug-likeness (QED) is 0.806. The molecule has 1 aromatic carbocycles. The number of fused-ring (bicyclic) bond motifs is 1. The van der Waals surface area contributed by atoms with Crippen molar-refractivity contribution < 1.29 is 14.2 Å². The SMILES string of the molecule is CC(C)COCC(O)CNC1CCc2ccc(F)cc21. The van der Waals surface area contributed by atoms with Gasteiger partial charge in [-0.05, 0) is 42.0 Å². The van der Waals surface area contributed by atoms with Gasteiger partial charge in [-0.15, -0.1) is 0 Å². The van der Waals surface area contributed by atoms with Crippen LogP contribution < -0.4 is 5.32 Å². The van der Waals surface area contributed by atoms with Gasteiger partial charge in [0.2, 0.25) is 0 Å². The second-order valence-electron chi connectivity index (χ2n) is 5.93. The van der Waals surface area contributed by atoms with Gasteiger partial charge in [0.25, 0.3) is 0 Å². The summed E-state index contributed by atoms with van der Waals surface area (Å²) in [7, 11) is 0. The van der Waals surface area contributed by atoms with E-state index in [0.717, 1.165) is 18.4 Å². The Hall–Kier alpha value is -0.970. The van der Waals surface area contributed by atoms with E-state index in [1.807, 2.05) is 6.07 Å². The number of hydrogen-bond donors (Lipinski definition) is 2. The van der Waals surface area contributed by atoms with Crippen LogP contribution in [0.5, 0.6) is 0 Å². The molecule has 0 saturated carbocycles. The van der Waals surface area contributed by atoms with Crippen molar-refractivity contribution in [3.05, 3.63) is 35.1 Å². The molecule has 4 heteroatoms. The number of aliphatic hydroxyl groups is 1. The summed E-state index contributed by atoms with van der Waals surface area (Å²) < 4.78 is 18.7. The lowest BCUT2D eigenvalue weighted by Crippen LogP contribution is -2.32. The highest BCUT2D eigenvalue weighted by atomic mass is 19.1. The standard InChI is InChI=1S/C16H24FNO2/c1-11(2)9-20-10-14(19)8-18-16-6-4-12-3-5-13(17)7-15(12)16/h3,5,7,11,14,16,18-19H,4,6,8-10H2,1-2H3. The fourth-order valence-corrected chi connectivity index (χ4v) is 2.56. The van der Waals surface area contributed by atoms with Gasteiger partial charge >= 0.3 is 0 Å². The van der Waals surface area contributed by atoms with Crippen LogP contribution in [-0.4, -0.2) is 31.0 Å². The average molecular weight is 281 g/mol. The molecule has 20 heavy (non-hydrogen) atoms. The zero-order valence-corrected chi connectivity index (χ0v) is 12.2. The van der Waals surface area contributed by atoms with Crippen LogP contribution in [0.25, 0.3) is 0 Å². The van der Waals surface area contributed by atoms with E-state index in [2.05, 4.69) is 19.2 Å². The Balaban J connectivity index is 1.77. The van der Waals surface area contributed by atoms with E-state index < -0.39 is 6.10 Å². The highest BCUT2D eigenvalue weighted by Crippen LogP contribution is 2.31. The van der Waals surface area contributed by atoms with Gasteiger partial charge in [0.1, 0.15) is 5.82 Å². The van der Waals surface area contributed by atoms with Crippen molar-refractivity contribution in [1.82, 2.24) is 5.32 Å². The molecule has 0 saturated heterocycles. The molecule has 0 radical (unpaired) electrons. The molecular weight excluding hydrogens is 257 g/mol. The number of rotatable bonds is 7. The van der Waals surface area contributed by atoms with E-state index in [-0.39, 0.29) is 11.9 Å². The van der Waals surface area contributed by atoms with E-state index in [9.17, 15) is 9.50 Å². The minimum absolute atomic E-state index is 0.139. The van der Waals surface area contributed by atoms with Crippen LogP contribution in [0, 0.1) is 11.7 Å². The minimum atomic E-state index is -0.522. The Labute approximate surface area is 120 Å². The molecule has 0 fully saturated rings. The number of halogens is 1. The summed E-state index contributed by atoms with van der Waals surface area (Å²) >= 11 is 0. The number of nitrogens with one attached hydrogen (secondary N) is 1. The summed E-state index contributed by atoms with van der Waals surface area (Å²) in [5.41, 5.74) is 2.23. The maximum atomic E-state index is 13.3. The van der Waals surface area contributed by atoms with Crippen LogP contribution in [0.3, 0.4) is 0 Å². The zero-order chi connectivity index (χ0) is 14.5. The van der Waals surface area contributed by atoms with Gasteiger partial charge in [0.05, 0.1) is 12.7 Å². The molecule has 0 spiro atoms. The van der Waals surface area contributed by atoms with Gasteiger partial charge in [0, 0.05) is 19.2 Å². The first-order valence-corrected chi connectivity index (χ1v) is 7.33. The molecular formula is C16H24FNO2. The maximum Gasteiger partial charge on any atom is 0.123 e. The Kier molecular flexibility index (Phi) is 5.52. The lowest BCUT2D eigenvalue weighted by atomic mass is 10.1. The predicted octanol–water partition coefficient (Wildman–Crippen LogP) is 2.44. The van der Waals surface area contributed by atoms with Gasteiger partial charge in [-0.2, -0.15) is 0 Å². The van der Waals surface area contributed by atoms with Crippen molar-refractivity contribution in [2.24, 2.45) is 5.92 Å². The Bertz CT molecular complexity index is 436. The van der Waals surface area contributed by atoms with Crippen molar-refractivity contribution >= 4 is 0 Å². The first-order chi connectivity index (χ1) is 9.56. The van der Waals surface area contributed by atoms with Crippen molar-refractivity contribution in [3.8, 4) is 0 Å². The monoisotopic (exact) mass is 281 g/mol. The zero-order valence-electron chi connectivity index (χ0n) is 12.2. The first kappa shape index (κ1) is 15.4. The molecule has 0 amide bonds. The topological polar surface area (TPSA) is 41.5 Å². The molecule has 2 atom stereocenters. The lowest BCUT2D eigenvalue weighted by molar-refractivity contribution is 0.0250. The number of benzene rings is 1. The summed E-state index contributed by atoms with van der Waals surface area (Å²) in [5.74, 6) is 0.276. The summed E-state index contributed by atoms with van der Waals surface area (Å²) in [5, 5.41) is 13.2. The largest absolute Gasteiger partial charge is 0.389 e. The number of ether oxygens (including phenoxy) is 1. The average Bonchev–Trinajstić information content (AvgIpc) is 2.78. The molecule has 1 aliphatic rings. The second-order valence-corrected chi connectivity index (χ2v) is 5.93. The summed E-state index contributed by atoms with van der Waals surface area (Å²) in [6.45, 7) is 5.63. The highest BCUT2D eigenvalue weighted by molar-refractivity contribution is 5.34. The van der Waals surface area contributed by atoms with Gasteiger partial charge in [-0.3, -0.25) is 0 Å². The number of aryl methyl sites for hydroxylation is 1. The Morgan fingerprint density at radius 1 is 1.40 bits per heavy atom. The summed E-state index contributed by atoms with van der Waals surface area (Å²) in [6.07, 6.45) is 1.40. The minimum Gasteiger partial charge on any atom is -0.389 e. The maximum absolute atomic E-state index is 13.3. The van der Waals surface area contributed by atoms with Crippen LogP contribution in [0.15, 0.2) is 18.2 Å². The van der Waals surface area contributed by atoms with Crippen LogP contribution in [0.4, 0.5) is 4.39 Å². The van der Waals surface area contributed by atoms with E-state index in [0.29, 0.717) is 25.7 Å². The molecule has 2 unspecified atom stereocenters. The molecule has 0 aromatic heterocycles. The fraction of sp³-hybridized carbons (Fsp3) is 0.625. The second kappa shape index (κ2) is 7.16. The lowest BCUT2D eigenvalue weighted by Gasteiger charge is -2.18. The third-order valence-corrected chi connectivity index (χ3v) is 3.55. The van der Waals surface area contributed by atoms with Crippen molar-refractivity contribution in [2.45, 2.75) is 38.8 Å². The first-order valence-electron chi connectivity index (χ1n) is 7.33. The van der Waals surface area contributed by atoms with Crippen molar-refractivity contribution in [2.75, 3.05) is 19.8 Å². The predicted molar refractivity (Wildman–Crippen MR) is 77.1 cm³/mol. The van der Waals surface area contributed by atoms with Gasteiger partial charge in [0.15, 0.2) is 0 Å². The highest BCUT2D eigenvalue weighted by Gasteiger charge is 2.23. The number of hydrogen-bond acceptors (Lipinski definition) is 3. The van der Waals surface area contributed by atoms with Crippen molar-refractivity contribution in [1.29, 1.82) is 0 Å². The third-order valence-electron chi connectivity index (χ3n) is 3.55. The van der Waals surface area contributed by atoms with E-state index in [1.54, 1.807) is 6.07 Å². The van der Waals surface area contributed by atoms with Crippen LogP contribution in [0.2, 0.25) is 0 Å². The molecule has 0 aliphatic heterocycles. The molecule has 1 aliphatic carbocycles. The van der Waals surface area contributed by atoms with E-state index >= 15 is 0 Å².